The fourth-order valence-corrected chi connectivity index (χ4v) is 2.81. The van der Waals surface area contributed by atoms with Crippen molar-refractivity contribution in [1.82, 2.24) is 10.6 Å². The summed E-state index contributed by atoms with van der Waals surface area (Å²) in [6.07, 6.45) is 9.78. The van der Waals surface area contributed by atoms with E-state index in [1.165, 1.54) is 0 Å². The number of carbonyl (C=O) groups is 2. The molecule has 21 heavy (non-hydrogen) atoms. The number of allylic oxidation sites excluding steroid dienone is 2. The Balaban J connectivity index is 2.23. The largest absolute Gasteiger partial charge is 0.481 e. The number of hydrogen-bond acceptors (Lipinski definition) is 4. The van der Waals surface area contributed by atoms with Crippen molar-refractivity contribution in [2.75, 3.05) is 14.1 Å². The third kappa shape index (κ3) is 3.42. The number of aliphatic carboxylic acids is 1. The van der Waals surface area contributed by atoms with Crippen LogP contribution in [0.4, 0.5) is 0 Å². The molecule has 2 rings (SSSR count). The molecule has 0 amide bonds. The summed E-state index contributed by atoms with van der Waals surface area (Å²) < 4.78 is 0. The minimum atomic E-state index is -0.816. The fourth-order valence-electron chi connectivity index (χ4n) is 2.81. The van der Waals surface area contributed by atoms with Gasteiger partial charge in [-0.05, 0) is 38.0 Å². The summed E-state index contributed by atoms with van der Waals surface area (Å²) in [5, 5.41) is 15.5. The predicted octanol–water partition coefficient (Wildman–Crippen LogP) is 1.39. The number of hydrogen-bond donors (Lipinski definition) is 3. The van der Waals surface area contributed by atoms with Crippen molar-refractivity contribution in [3.8, 4) is 0 Å². The van der Waals surface area contributed by atoms with Crippen LogP contribution < -0.4 is 10.6 Å². The molecule has 0 radical (unpaired) electrons. The molecule has 0 heterocycles. The maximum absolute atomic E-state index is 12.1. The highest BCUT2D eigenvalue weighted by atomic mass is 16.4. The van der Waals surface area contributed by atoms with Crippen LogP contribution in [0.5, 0.6) is 0 Å². The first-order chi connectivity index (χ1) is 9.99. The summed E-state index contributed by atoms with van der Waals surface area (Å²) in [6, 6.07) is 0. The van der Waals surface area contributed by atoms with Crippen molar-refractivity contribution in [1.29, 1.82) is 0 Å². The van der Waals surface area contributed by atoms with Crippen LogP contribution in [0.1, 0.15) is 25.7 Å². The summed E-state index contributed by atoms with van der Waals surface area (Å²) >= 11 is 0. The monoisotopic (exact) mass is 290 g/mol. The first-order valence-electron chi connectivity index (χ1n) is 7.23. The summed E-state index contributed by atoms with van der Waals surface area (Å²) in [6.45, 7) is 0. The molecule has 2 atom stereocenters. The van der Waals surface area contributed by atoms with Crippen LogP contribution in [0, 0.1) is 5.92 Å². The normalized spacial score (nSPS) is 31.1. The molecule has 1 saturated carbocycles. The Bertz CT molecular complexity index is 534. The smallest absolute Gasteiger partial charge is 0.306 e. The molecule has 2 aliphatic carbocycles. The van der Waals surface area contributed by atoms with Gasteiger partial charge in [-0.25, -0.2) is 0 Å². The van der Waals surface area contributed by atoms with Gasteiger partial charge in [0.25, 0.3) is 0 Å². The molecular formula is C16H22N2O3. The molecule has 2 aliphatic rings. The Morgan fingerprint density at radius 3 is 2.76 bits per heavy atom. The maximum atomic E-state index is 12.1. The van der Waals surface area contributed by atoms with Gasteiger partial charge < -0.3 is 15.7 Å². The fraction of sp³-hybridized carbons (Fsp3) is 0.500. The van der Waals surface area contributed by atoms with E-state index in [1.54, 1.807) is 0 Å². The first kappa shape index (κ1) is 15.5. The number of carbonyl (C=O) groups excluding carboxylic acids is 1. The molecule has 5 nitrogen and oxygen atoms in total. The van der Waals surface area contributed by atoms with Crippen LogP contribution >= 0.6 is 0 Å². The van der Waals surface area contributed by atoms with Crippen LogP contribution in [-0.4, -0.2) is 36.5 Å². The highest BCUT2D eigenvalue weighted by Crippen LogP contribution is 2.30. The van der Waals surface area contributed by atoms with E-state index in [-0.39, 0.29) is 5.78 Å². The van der Waals surface area contributed by atoms with Crippen LogP contribution in [0.15, 0.2) is 35.6 Å². The Kier molecular flexibility index (Phi) is 4.63. The Hall–Kier alpha value is -1.88. The van der Waals surface area contributed by atoms with Gasteiger partial charge in [-0.15, -0.1) is 0 Å². The summed E-state index contributed by atoms with van der Waals surface area (Å²) in [7, 11) is 3.71. The van der Waals surface area contributed by atoms with Crippen LogP contribution in [0.2, 0.25) is 0 Å². The van der Waals surface area contributed by atoms with E-state index in [9.17, 15) is 9.59 Å². The van der Waals surface area contributed by atoms with Gasteiger partial charge in [0.2, 0.25) is 0 Å². The number of nitrogens with one attached hydrogen (secondary N) is 2. The number of Topliss-reactive ketones (excluding diaryl/α,β-unsaturated/α-hetero) is 1. The average molecular weight is 290 g/mol. The van der Waals surface area contributed by atoms with E-state index in [2.05, 4.69) is 16.7 Å². The maximum Gasteiger partial charge on any atom is 0.306 e. The van der Waals surface area contributed by atoms with Crippen LogP contribution in [0.3, 0.4) is 0 Å². The molecule has 1 fully saturated rings. The van der Waals surface area contributed by atoms with Gasteiger partial charge in [-0.2, -0.15) is 0 Å². The number of carboxylic acids is 1. The highest BCUT2D eigenvalue weighted by Gasteiger charge is 2.32. The third-order valence-electron chi connectivity index (χ3n) is 4.30. The average Bonchev–Trinajstić information content (AvgIpc) is 2.50. The molecule has 0 saturated heterocycles. The second-order valence-corrected chi connectivity index (χ2v) is 5.61. The van der Waals surface area contributed by atoms with Crippen molar-refractivity contribution in [3.63, 3.8) is 0 Å². The van der Waals surface area contributed by atoms with Crippen LogP contribution in [-0.2, 0) is 9.59 Å². The van der Waals surface area contributed by atoms with Gasteiger partial charge >= 0.3 is 5.97 Å². The lowest BCUT2D eigenvalue weighted by Gasteiger charge is -2.31. The summed E-state index contributed by atoms with van der Waals surface area (Å²) in [4.78, 5) is 23.2. The molecule has 5 heteroatoms. The van der Waals surface area contributed by atoms with E-state index in [1.807, 2.05) is 32.3 Å². The molecule has 0 aliphatic heterocycles. The second-order valence-electron chi connectivity index (χ2n) is 5.61. The summed E-state index contributed by atoms with van der Waals surface area (Å²) in [5.74, 6) is -1.19. The Morgan fingerprint density at radius 1 is 1.48 bits per heavy atom. The van der Waals surface area contributed by atoms with Gasteiger partial charge in [0, 0.05) is 19.2 Å². The molecule has 0 spiro atoms. The molecule has 0 aromatic rings. The quantitative estimate of drug-likeness (QED) is 0.682. The number of likely N-dealkylation sites (N-methyl/N-ethyl adjacent to an activating group) is 2. The second kappa shape index (κ2) is 6.26. The van der Waals surface area contributed by atoms with E-state index in [0.29, 0.717) is 24.8 Å². The zero-order valence-corrected chi connectivity index (χ0v) is 12.5. The number of carboxylic acid groups (broad SMARTS) is 1. The Labute approximate surface area is 124 Å². The minimum Gasteiger partial charge on any atom is -0.481 e. The predicted molar refractivity (Wildman–Crippen MR) is 80.8 cm³/mol. The van der Waals surface area contributed by atoms with Crippen molar-refractivity contribution < 1.29 is 14.7 Å². The van der Waals surface area contributed by atoms with Crippen molar-refractivity contribution in [2.24, 2.45) is 5.92 Å². The van der Waals surface area contributed by atoms with Gasteiger partial charge in [0.05, 0.1) is 11.5 Å². The third-order valence-corrected chi connectivity index (χ3v) is 4.30. The SMILES string of the molecule is CNC1=CCC(C=C2CC(C(=O)O)CCC2=O)(NC)C=C1. The minimum absolute atomic E-state index is 0.0684. The van der Waals surface area contributed by atoms with E-state index in [4.69, 9.17) is 5.11 Å². The molecule has 3 N–H and O–H groups in total. The van der Waals surface area contributed by atoms with Crippen molar-refractivity contribution in [2.45, 2.75) is 31.2 Å². The summed E-state index contributed by atoms with van der Waals surface area (Å²) in [5.41, 5.74) is 1.26. The Morgan fingerprint density at radius 2 is 2.24 bits per heavy atom. The van der Waals surface area contributed by atoms with E-state index >= 15 is 0 Å². The molecular weight excluding hydrogens is 268 g/mol. The lowest BCUT2D eigenvalue weighted by molar-refractivity contribution is -0.142. The highest BCUT2D eigenvalue weighted by molar-refractivity contribution is 5.97. The van der Waals surface area contributed by atoms with Gasteiger partial charge in [0.1, 0.15) is 0 Å². The van der Waals surface area contributed by atoms with E-state index in [0.717, 1.165) is 12.1 Å². The standard InChI is InChI=1S/C16H22N2O3/c1-17-13-5-7-16(18-2,8-6-13)10-12-9-11(15(20)21)3-4-14(12)19/h5-7,10-11,17-18H,3-4,8-9H2,1-2H3,(H,20,21). The first-order valence-corrected chi connectivity index (χ1v) is 7.23. The van der Waals surface area contributed by atoms with Crippen LogP contribution in [0.25, 0.3) is 0 Å². The lowest BCUT2D eigenvalue weighted by atomic mass is 9.80. The zero-order chi connectivity index (χ0) is 15.5. The van der Waals surface area contributed by atoms with Crippen molar-refractivity contribution >= 4 is 11.8 Å². The molecule has 0 aromatic carbocycles. The molecule has 0 aromatic heterocycles. The van der Waals surface area contributed by atoms with Gasteiger partial charge in [-0.1, -0.05) is 18.2 Å². The van der Waals surface area contributed by atoms with E-state index < -0.39 is 17.4 Å². The van der Waals surface area contributed by atoms with Gasteiger partial charge in [-0.3, -0.25) is 9.59 Å². The molecule has 0 bridgehead atoms. The van der Waals surface area contributed by atoms with Crippen molar-refractivity contribution in [3.05, 3.63) is 35.6 Å². The zero-order valence-electron chi connectivity index (χ0n) is 12.5. The van der Waals surface area contributed by atoms with Gasteiger partial charge in [0.15, 0.2) is 5.78 Å². The lowest BCUT2D eigenvalue weighted by Crippen LogP contribution is -2.41. The molecule has 114 valence electrons. The number of rotatable bonds is 4. The number of ketones is 1. The topological polar surface area (TPSA) is 78.4 Å². The molecule has 2 unspecified atom stereocenters.